The molecule has 1 unspecified atom stereocenters. The Morgan fingerprint density at radius 2 is 2.10 bits per heavy atom. The quantitative estimate of drug-likeness (QED) is 0.663. The van der Waals surface area contributed by atoms with E-state index >= 15 is 0 Å². The van der Waals surface area contributed by atoms with Crippen LogP contribution in [-0.2, 0) is 12.8 Å². The average molecular weight is 421 g/mol. The van der Waals surface area contributed by atoms with E-state index in [1.54, 1.807) is 0 Å². The van der Waals surface area contributed by atoms with E-state index < -0.39 is 11.7 Å². The van der Waals surface area contributed by atoms with E-state index in [0.29, 0.717) is 12.2 Å². The van der Waals surface area contributed by atoms with Gasteiger partial charge in [-0.2, -0.15) is 13.2 Å². The van der Waals surface area contributed by atoms with Gasteiger partial charge in [0.15, 0.2) is 0 Å². The number of hydrogen-bond donors (Lipinski definition) is 1. The van der Waals surface area contributed by atoms with E-state index in [1.807, 2.05) is 29.6 Å². The standard InChI is InChI=1S/C20H18F3N3O2S/c21-20(22,23)14-4-5-18(24-9-14)28-17-6-7-26(10-17)16-3-1-2-13(8-16)19-25-15(11-27)12-29-19/h1-5,8-9,12,17,27H,6-7,10-11H2. The van der Waals surface area contributed by atoms with Gasteiger partial charge < -0.3 is 14.7 Å². The minimum absolute atomic E-state index is 0.0840. The van der Waals surface area contributed by atoms with Crippen LogP contribution >= 0.6 is 11.3 Å². The molecule has 0 spiro atoms. The molecule has 3 aromatic rings. The van der Waals surface area contributed by atoms with Gasteiger partial charge in [0.25, 0.3) is 0 Å². The second-order valence-electron chi connectivity index (χ2n) is 6.71. The predicted octanol–water partition coefficient (Wildman–Crippen LogP) is 4.37. The summed E-state index contributed by atoms with van der Waals surface area (Å²) < 4.78 is 43.7. The molecule has 0 amide bonds. The molecule has 9 heteroatoms. The molecule has 0 bridgehead atoms. The summed E-state index contributed by atoms with van der Waals surface area (Å²) in [6, 6.07) is 10.2. The van der Waals surface area contributed by atoms with E-state index in [4.69, 9.17) is 4.74 Å². The molecule has 29 heavy (non-hydrogen) atoms. The maximum atomic E-state index is 12.6. The first-order valence-corrected chi connectivity index (χ1v) is 9.91. The highest BCUT2D eigenvalue weighted by Crippen LogP contribution is 2.31. The largest absolute Gasteiger partial charge is 0.472 e. The lowest BCUT2D eigenvalue weighted by Gasteiger charge is -2.19. The SMILES string of the molecule is OCc1csc(-c2cccc(N3CCC(Oc4ccc(C(F)(F)F)cn4)C3)c2)n1. The van der Waals surface area contributed by atoms with Crippen molar-refractivity contribution in [3.8, 4) is 16.5 Å². The third-order valence-electron chi connectivity index (χ3n) is 4.67. The Labute approximate surface area is 169 Å². The van der Waals surface area contributed by atoms with Gasteiger partial charge in [-0.15, -0.1) is 11.3 Å². The van der Waals surface area contributed by atoms with Crippen LogP contribution in [0.2, 0.25) is 0 Å². The van der Waals surface area contributed by atoms with Crippen LogP contribution in [0.15, 0.2) is 48.0 Å². The second kappa shape index (κ2) is 8.00. The summed E-state index contributed by atoms with van der Waals surface area (Å²) in [6.07, 6.45) is -3.02. The van der Waals surface area contributed by atoms with Gasteiger partial charge in [0, 0.05) is 41.9 Å². The number of pyridine rings is 1. The van der Waals surface area contributed by atoms with Crippen LogP contribution in [0.3, 0.4) is 0 Å². The van der Waals surface area contributed by atoms with Crippen LogP contribution in [0.25, 0.3) is 10.6 Å². The zero-order valence-electron chi connectivity index (χ0n) is 15.3. The van der Waals surface area contributed by atoms with E-state index in [-0.39, 0.29) is 18.6 Å². The Kier molecular flexibility index (Phi) is 5.42. The molecule has 1 N–H and O–H groups in total. The van der Waals surface area contributed by atoms with E-state index in [1.165, 1.54) is 17.4 Å². The molecule has 0 aliphatic carbocycles. The van der Waals surface area contributed by atoms with Crippen molar-refractivity contribution in [2.24, 2.45) is 0 Å². The molecule has 1 aromatic carbocycles. The molecule has 1 aliphatic rings. The smallest absolute Gasteiger partial charge is 0.417 e. The molecule has 1 fully saturated rings. The molecule has 0 saturated carbocycles. The van der Waals surface area contributed by atoms with Crippen molar-refractivity contribution < 1.29 is 23.0 Å². The van der Waals surface area contributed by atoms with E-state index in [9.17, 15) is 18.3 Å². The maximum Gasteiger partial charge on any atom is 0.417 e. The number of ether oxygens (including phenoxy) is 1. The summed E-state index contributed by atoms with van der Waals surface area (Å²) in [5.41, 5.74) is 1.85. The lowest BCUT2D eigenvalue weighted by molar-refractivity contribution is -0.137. The van der Waals surface area contributed by atoms with E-state index in [2.05, 4.69) is 14.9 Å². The van der Waals surface area contributed by atoms with E-state index in [0.717, 1.165) is 41.5 Å². The van der Waals surface area contributed by atoms with Crippen molar-refractivity contribution in [3.63, 3.8) is 0 Å². The molecule has 5 nitrogen and oxygen atoms in total. The molecule has 4 rings (SSSR count). The van der Waals surface area contributed by atoms with Gasteiger partial charge >= 0.3 is 6.18 Å². The first-order chi connectivity index (χ1) is 13.9. The Bertz CT molecular complexity index is 976. The second-order valence-corrected chi connectivity index (χ2v) is 7.57. The third-order valence-corrected chi connectivity index (χ3v) is 5.61. The Balaban J connectivity index is 1.41. The fourth-order valence-electron chi connectivity index (χ4n) is 3.20. The predicted molar refractivity (Wildman–Crippen MR) is 104 cm³/mol. The van der Waals surface area contributed by atoms with Gasteiger partial charge in [-0.3, -0.25) is 0 Å². The van der Waals surface area contributed by atoms with Gasteiger partial charge in [0.05, 0.1) is 24.4 Å². The van der Waals surface area contributed by atoms with Crippen molar-refractivity contribution in [3.05, 3.63) is 59.2 Å². The minimum Gasteiger partial charge on any atom is -0.472 e. The highest BCUT2D eigenvalue weighted by molar-refractivity contribution is 7.13. The molecule has 2 aromatic heterocycles. The molecule has 1 aliphatic heterocycles. The number of halogens is 3. The highest BCUT2D eigenvalue weighted by Gasteiger charge is 2.31. The Hall–Kier alpha value is -2.65. The van der Waals surface area contributed by atoms with Crippen LogP contribution in [0.1, 0.15) is 17.7 Å². The first kappa shape index (κ1) is 19.7. The van der Waals surface area contributed by atoms with Crippen molar-refractivity contribution in [1.29, 1.82) is 0 Å². The fourth-order valence-corrected chi connectivity index (χ4v) is 4.00. The first-order valence-electron chi connectivity index (χ1n) is 9.03. The third kappa shape index (κ3) is 4.51. The number of benzene rings is 1. The topological polar surface area (TPSA) is 58.5 Å². The summed E-state index contributed by atoms with van der Waals surface area (Å²) in [5.74, 6) is 0.193. The molecular weight excluding hydrogens is 403 g/mol. The van der Waals surface area contributed by atoms with Crippen LogP contribution in [0.5, 0.6) is 5.88 Å². The number of nitrogens with zero attached hydrogens (tertiary/aromatic N) is 3. The lowest BCUT2D eigenvalue weighted by atomic mass is 10.2. The van der Waals surface area contributed by atoms with Crippen LogP contribution in [-0.4, -0.2) is 34.3 Å². The number of rotatable bonds is 5. The Morgan fingerprint density at radius 3 is 2.79 bits per heavy atom. The number of aliphatic hydroxyl groups excluding tert-OH is 1. The molecule has 3 heterocycles. The number of aliphatic hydroxyl groups is 1. The van der Waals surface area contributed by atoms with Crippen LogP contribution < -0.4 is 9.64 Å². The zero-order valence-corrected chi connectivity index (χ0v) is 16.1. The number of aromatic nitrogens is 2. The normalized spacial score (nSPS) is 17.0. The molecule has 1 saturated heterocycles. The molecule has 0 radical (unpaired) electrons. The minimum atomic E-state index is -4.41. The number of hydrogen-bond acceptors (Lipinski definition) is 6. The van der Waals surface area contributed by atoms with Crippen LogP contribution in [0.4, 0.5) is 18.9 Å². The number of alkyl halides is 3. The summed E-state index contributed by atoms with van der Waals surface area (Å²) in [6.45, 7) is 1.31. The van der Waals surface area contributed by atoms with Crippen molar-refractivity contribution in [2.45, 2.75) is 25.3 Å². The van der Waals surface area contributed by atoms with Crippen LogP contribution in [0, 0.1) is 0 Å². The van der Waals surface area contributed by atoms with Gasteiger partial charge in [-0.1, -0.05) is 12.1 Å². The average Bonchev–Trinajstić information content (AvgIpc) is 3.37. The molecular formula is C20H18F3N3O2S. The number of thiazole rings is 1. The van der Waals surface area contributed by atoms with Crippen molar-refractivity contribution in [1.82, 2.24) is 9.97 Å². The molecule has 1 atom stereocenters. The molecule has 152 valence electrons. The summed E-state index contributed by atoms with van der Waals surface area (Å²) in [4.78, 5) is 10.3. The summed E-state index contributed by atoms with van der Waals surface area (Å²) in [5, 5.41) is 11.9. The zero-order chi connectivity index (χ0) is 20.4. The fraction of sp³-hybridized carbons (Fsp3) is 0.300. The Morgan fingerprint density at radius 1 is 1.24 bits per heavy atom. The number of anilines is 1. The van der Waals surface area contributed by atoms with Crippen molar-refractivity contribution in [2.75, 3.05) is 18.0 Å². The lowest BCUT2D eigenvalue weighted by Crippen LogP contribution is -2.24. The highest BCUT2D eigenvalue weighted by atomic mass is 32.1. The van der Waals surface area contributed by atoms with Gasteiger partial charge in [-0.25, -0.2) is 9.97 Å². The van der Waals surface area contributed by atoms with Gasteiger partial charge in [-0.05, 0) is 18.2 Å². The maximum absolute atomic E-state index is 12.6. The summed E-state index contributed by atoms with van der Waals surface area (Å²) >= 11 is 1.48. The van der Waals surface area contributed by atoms with Crippen molar-refractivity contribution >= 4 is 17.0 Å². The summed E-state index contributed by atoms with van der Waals surface area (Å²) in [7, 11) is 0. The van der Waals surface area contributed by atoms with Gasteiger partial charge in [0.2, 0.25) is 5.88 Å². The monoisotopic (exact) mass is 421 g/mol. The van der Waals surface area contributed by atoms with Gasteiger partial charge in [0.1, 0.15) is 11.1 Å².